The molecule has 3 rings (SSSR count). The number of aliphatic hydroxyl groups excluding tert-OH is 2. The van der Waals surface area contributed by atoms with E-state index in [9.17, 15) is 10.2 Å². The molecule has 2 N–H and O–H groups in total. The van der Waals surface area contributed by atoms with Gasteiger partial charge in [-0.2, -0.15) is 0 Å². The average Bonchev–Trinajstić information content (AvgIpc) is 3.00. The lowest BCUT2D eigenvalue weighted by Gasteiger charge is -2.16. The molecular formula is C11H14N4O4S. The van der Waals surface area contributed by atoms with Gasteiger partial charge in [-0.05, 0) is 12.0 Å². The summed E-state index contributed by atoms with van der Waals surface area (Å²) in [5, 5.41) is 20.1. The Morgan fingerprint density at radius 1 is 1.40 bits per heavy atom. The van der Waals surface area contributed by atoms with Gasteiger partial charge in [-0.1, -0.05) is 0 Å². The molecule has 0 aliphatic carbocycles. The first-order chi connectivity index (χ1) is 9.72. The number of hydrogen-bond donors (Lipinski definition) is 2. The lowest BCUT2D eigenvalue weighted by Crippen LogP contribution is -2.33. The first-order valence-corrected chi connectivity index (χ1v) is 7.17. The number of aromatic nitrogens is 4. The van der Waals surface area contributed by atoms with Gasteiger partial charge in [0.1, 0.15) is 30.2 Å². The van der Waals surface area contributed by atoms with Crippen LogP contribution in [0.25, 0.3) is 11.2 Å². The first kappa shape index (κ1) is 13.7. The fourth-order valence-electron chi connectivity index (χ4n) is 2.20. The van der Waals surface area contributed by atoms with Gasteiger partial charge in [-0.25, -0.2) is 15.0 Å². The minimum atomic E-state index is -1.07. The normalized spacial score (nSPS) is 30.1. The van der Waals surface area contributed by atoms with Crippen molar-refractivity contribution >= 4 is 23.2 Å². The third-order valence-corrected chi connectivity index (χ3v) is 3.57. The zero-order chi connectivity index (χ0) is 14.1. The van der Waals surface area contributed by atoms with Crippen LogP contribution in [0.15, 0.2) is 18.9 Å². The van der Waals surface area contributed by atoms with Gasteiger partial charge in [0.05, 0.1) is 19.1 Å². The quantitative estimate of drug-likeness (QED) is 0.744. The number of aliphatic hydroxyl groups is 2. The molecule has 0 unspecified atom stereocenters. The van der Waals surface area contributed by atoms with Crippen LogP contribution in [0.3, 0.4) is 0 Å². The van der Waals surface area contributed by atoms with Crippen molar-refractivity contribution < 1.29 is 19.1 Å². The Labute approximate surface area is 119 Å². The van der Waals surface area contributed by atoms with Gasteiger partial charge in [0.25, 0.3) is 0 Å². The van der Waals surface area contributed by atoms with Crippen molar-refractivity contribution in [2.45, 2.75) is 24.5 Å². The summed E-state index contributed by atoms with van der Waals surface area (Å²) in [6.07, 6.45) is 2.82. The van der Waals surface area contributed by atoms with Crippen molar-refractivity contribution in [3.05, 3.63) is 18.9 Å². The number of ether oxygens (including phenoxy) is 1. The zero-order valence-corrected chi connectivity index (χ0v) is 11.5. The van der Waals surface area contributed by atoms with E-state index in [1.54, 1.807) is 17.0 Å². The second-order valence-electron chi connectivity index (χ2n) is 4.38. The van der Waals surface area contributed by atoms with E-state index in [-0.39, 0.29) is 6.61 Å². The summed E-state index contributed by atoms with van der Waals surface area (Å²) in [7, 11) is 0. The third-order valence-electron chi connectivity index (χ3n) is 3.20. The van der Waals surface area contributed by atoms with Crippen LogP contribution in [0, 0.1) is 0 Å². The first-order valence-electron chi connectivity index (χ1n) is 6.02. The van der Waals surface area contributed by atoms with Crippen molar-refractivity contribution in [2.75, 3.05) is 12.9 Å². The molecule has 1 aliphatic rings. The molecule has 2 aromatic rings. The van der Waals surface area contributed by atoms with Crippen LogP contribution in [0.4, 0.5) is 0 Å². The predicted molar refractivity (Wildman–Crippen MR) is 70.7 cm³/mol. The van der Waals surface area contributed by atoms with Crippen molar-refractivity contribution in [3.8, 4) is 0 Å². The minimum absolute atomic E-state index is 0.192. The van der Waals surface area contributed by atoms with E-state index < -0.39 is 24.5 Å². The number of nitrogens with zero attached hydrogens (tertiary/aromatic N) is 4. The van der Waals surface area contributed by atoms with Gasteiger partial charge in [0.2, 0.25) is 0 Å². The zero-order valence-electron chi connectivity index (χ0n) is 10.7. The summed E-state index contributed by atoms with van der Waals surface area (Å²) in [6, 6.07) is 0. The maximum Gasteiger partial charge on any atom is 0.165 e. The van der Waals surface area contributed by atoms with Crippen LogP contribution in [-0.2, 0) is 8.92 Å². The molecular weight excluding hydrogens is 284 g/mol. The Morgan fingerprint density at radius 3 is 3.05 bits per heavy atom. The molecule has 8 nitrogen and oxygen atoms in total. The van der Waals surface area contributed by atoms with Crippen LogP contribution in [0.2, 0.25) is 0 Å². The van der Waals surface area contributed by atoms with E-state index >= 15 is 0 Å². The third kappa shape index (κ3) is 2.27. The molecule has 4 atom stereocenters. The molecule has 2 aromatic heterocycles. The summed E-state index contributed by atoms with van der Waals surface area (Å²) >= 11 is 1.18. The van der Waals surface area contributed by atoms with Crippen molar-refractivity contribution in [1.29, 1.82) is 0 Å². The Kier molecular flexibility index (Phi) is 3.85. The largest absolute Gasteiger partial charge is 0.387 e. The Hall–Kier alpha value is -1.26. The molecule has 3 heterocycles. The standard InChI is InChI=1S/C11H14N4O4S/c1-20-18-3-7-8(16)9(17)11(19-7)15-5-14-6-2-12-4-13-10(6)15/h2,4-5,7-9,11,16-17H,3H2,1H3/t7-,8-,9-,11-/m1/s1. The summed E-state index contributed by atoms with van der Waals surface area (Å²) in [6.45, 7) is 0.192. The smallest absolute Gasteiger partial charge is 0.165 e. The van der Waals surface area contributed by atoms with Crippen LogP contribution < -0.4 is 0 Å². The van der Waals surface area contributed by atoms with Crippen LogP contribution >= 0.6 is 12.0 Å². The Bertz CT molecular complexity index is 595. The Balaban J connectivity index is 1.87. The van der Waals surface area contributed by atoms with Gasteiger partial charge in [0.15, 0.2) is 11.9 Å². The monoisotopic (exact) mass is 298 g/mol. The highest BCUT2D eigenvalue weighted by molar-refractivity contribution is 7.93. The van der Waals surface area contributed by atoms with Crippen molar-refractivity contribution in [3.63, 3.8) is 0 Å². The van der Waals surface area contributed by atoms with Crippen LogP contribution in [-0.4, -0.2) is 60.9 Å². The molecule has 1 saturated heterocycles. The predicted octanol–water partition coefficient (Wildman–Crippen LogP) is -0.260. The van der Waals surface area contributed by atoms with Crippen molar-refractivity contribution in [1.82, 2.24) is 19.5 Å². The van der Waals surface area contributed by atoms with E-state index in [4.69, 9.17) is 8.92 Å². The van der Waals surface area contributed by atoms with Gasteiger partial charge >= 0.3 is 0 Å². The maximum absolute atomic E-state index is 10.1. The molecule has 0 bridgehead atoms. The van der Waals surface area contributed by atoms with E-state index in [1.165, 1.54) is 24.7 Å². The number of rotatable bonds is 4. The SMILES string of the molecule is CSOC[C@H]1O[C@@H](n2cnc3cncnc32)[C@H](O)[C@@H]1O. The lowest BCUT2D eigenvalue weighted by molar-refractivity contribution is -0.0453. The summed E-state index contributed by atoms with van der Waals surface area (Å²) < 4.78 is 12.4. The topological polar surface area (TPSA) is 103 Å². The fourth-order valence-corrected chi connectivity index (χ4v) is 2.47. The van der Waals surface area contributed by atoms with Gasteiger partial charge in [-0.15, -0.1) is 0 Å². The molecule has 1 aliphatic heterocycles. The lowest BCUT2D eigenvalue weighted by atomic mass is 10.1. The number of imidazole rings is 1. The second kappa shape index (κ2) is 5.62. The summed E-state index contributed by atoms with van der Waals surface area (Å²) in [5.74, 6) is 0. The van der Waals surface area contributed by atoms with E-state index in [0.29, 0.717) is 11.2 Å². The molecule has 0 amide bonds. The summed E-state index contributed by atoms with van der Waals surface area (Å²) in [5.41, 5.74) is 1.14. The van der Waals surface area contributed by atoms with Gasteiger partial charge in [-0.3, -0.25) is 4.57 Å². The minimum Gasteiger partial charge on any atom is -0.387 e. The molecule has 1 fully saturated rings. The fraction of sp³-hybridized carbons (Fsp3) is 0.545. The van der Waals surface area contributed by atoms with Crippen molar-refractivity contribution in [2.24, 2.45) is 0 Å². The van der Waals surface area contributed by atoms with E-state index in [0.717, 1.165) is 0 Å². The molecule has 20 heavy (non-hydrogen) atoms. The molecule has 9 heteroatoms. The highest BCUT2D eigenvalue weighted by Crippen LogP contribution is 2.31. The summed E-state index contributed by atoms with van der Waals surface area (Å²) in [4.78, 5) is 12.1. The maximum atomic E-state index is 10.1. The molecule has 0 saturated carbocycles. The number of hydrogen-bond acceptors (Lipinski definition) is 8. The highest BCUT2D eigenvalue weighted by atomic mass is 32.2. The molecule has 0 radical (unpaired) electrons. The van der Waals surface area contributed by atoms with E-state index in [1.807, 2.05) is 0 Å². The average molecular weight is 298 g/mol. The van der Waals surface area contributed by atoms with Gasteiger partial charge in [0, 0.05) is 6.26 Å². The molecule has 108 valence electrons. The van der Waals surface area contributed by atoms with Crippen LogP contribution in [0.1, 0.15) is 6.23 Å². The van der Waals surface area contributed by atoms with Crippen LogP contribution in [0.5, 0.6) is 0 Å². The Morgan fingerprint density at radius 2 is 2.25 bits per heavy atom. The second-order valence-corrected chi connectivity index (χ2v) is 4.95. The van der Waals surface area contributed by atoms with E-state index in [2.05, 4.69) is 15.0 Å². The molecule has 0 aromatic carbocycles. The number of fused-ring (bicyclic) bond motifs is 1. The highest BCUT2D eigenvalue weighted by Gasteiger charge is 2.44. The van der Waals surface area contributed by atoms with Gasteiger partial charge < -0.3 is 19.1 Å². The molecule has 0 spiro atoms.